The average Bonchev–Trinajstić information content (AvgIpc) is 2.53. The number of benzene rings is 1. The number of aryl methyl sites for hydroxylation is 2. The van der Waals surface area contributed by atoms with E-state index in [-0.39, 0.29) is 0 Å². The van der Waals surface area contributed by atoms with E-state index < -0.39 is 0 Å². The van der Waals surface area contributed by atoms with Gasteiger partial charge in [-0.2, -0.15) is 0 Å². The van der Waals surface area contributed by atoms with Gasteiger partial charge in [0.15, 0.2) is 0 Å². The molecule has 1 N–H and O–H groups in total. The Labute approximate surface area is 95.1 Å². The molecule has 2 aromatic rings. The summed E-state index contributed by atoms with van der Waals surface area (Å²) >= 11 is 0. The normalized spacial score (nSPS) is 10.0. The number of aromatic nitrogens is 1. The maximum atomic E-state index is 7.75. The van der Waals surface area contributed by atoms with E-state index >= 15 is 0 Å². The molecule has 0 aliphatic carbocycles. The first-order valence-corrected chi connectivity index (χ1v) is 5.39. The zero-order valence-electron chi connectivity index (χ0n) is 9.06. The highest BCUT2D eigenvalue weighted by Crippen LogP contribution is 2.03. The van der Waals surface area contributed by atoms with E-state index in [1.165, 1.54) is 5.56 Å². The first kappa shape index (κ1) is 10.6. The molecule has 0 fully saturated rings. The largest absolute Gasteiger partial charge is 0.283 e. The third-order valence-electron chi connectivity index (χ3n) is 2.53. The van der Waals surface area contributed by atoms with Gasteiger partial charge < -0.3 is 0 Å². The van der Waals surface area contributed by atoms with Crippen LogP contribution in [0.4, 0.5) is 0 Å². The predicted octanol–water partition coefficient (Wildman–Crippen LogP) is 2.35. The second kappa shape index (κ2) is 5.21. The molecule has 0 saturated heterocycles. The minimum atomic E-state index is 0.376. The van der Waals surface area contributed by atoms with E-state index in [9.17, 15) is 0 Å². The number of hydrogen-bond donors (Lipinski definition) is 1. The van der Waals surface area contributed by atoms with Crippen molar-refractivity contribution in [3.05, 3.63) is 71.3 Å². The van der Waals surface area contributed by atoms with E-state index in [4.69, 9.17) is 5.41 Å². The van der Waals surface area contributed by atoms with Crippen LogP contribution in [0.15, 0.2) is 54.7 Å². The lowest BCUT2D eigenvalue weighted by molar-refractivity contribution is 0.917. The number of hydrogen-bond acceptors (Lipinski definition) is 2. The molecule has 16 heavy (non-hydrogen) atoms. The van der Waals surface area contributed by atoms with Gasteiger partial charge in [-0.3, -0.25) is 5.41 Å². The van der Waals surface area contributed by atoms with Gasteiger partial charge in [0.2, 0.25) is 0 Å². The Kier molecular flexibility index (Phi) is 3.44. The molecule has 0 radical (unpaired) electrons. The minimum Gasteiger partial charge on any atom is -0.283 e. The van der Waals surface area contributed by atoms with Crippen molar-refractivity contribution in [3.63, 3.8) is 0 Å². The van der Waals surface area contributed by atoms with Gasteiger partial charge >= 0.3 is 0 Å². The van der Waals surface area contributed by atoms with E-state index in [2.05, 4.69) is 17.1 Å². The highest BCUT2D eigenvalue weighted by atomic mass is 14.7. The topological polar surface area (TPSA) is 36.7 Å². The summed E-state index contributed by atoms with van der Waals surface area (Å²) in [4.78, 5) is 4.02. The van der Waals surface area contributed by atoms with Gasteiger partial charge in [0, 0.05) is 6.20 Å². The number of rotatable bonds is 3. The molecular weight excluding hydrogens is 196 g/mol. The van der Waals surface area contributed by atoms with Crippen molar-refractivity contribution in [1.82, 2.24) is 4.98 Å². The third kappa shape index (κ3) is 2.76. The maximum Gasteiger partial charge on any atom is 0.147 e. The smallest absolute Gasteiger partial charge is 0.147 e. The molecule has 2 nitrogen and oxygen atoms in total. The number of nitrogens with one attached hydrogen (secondary N) is 1. The van der Waals surface area contributed by atoms with Crippen molar-refractivity contribution in [1.29, 1.82) is 5.41 Å². The van der Waals surface area contributed by atoms with Gasteiger partial charge in [-0.05, 0) is 30.0 Å². The zero-order chi connectivity index (χ0) is 11.2. The van der Waals surface area contributed by atoms with Gasteiger partial charge in [0.05, 0.1) is 0 Å². The van der Waals surface area contributed by atoms with Crippen molar-refractivity contribution >= 4 is 0 Å². The lowest BCUT2D eigenvalue weighted by Crippen LogP contribution is -2.09. The first-order chi connectivity index (χ1) is 7.86. The number of nitrogens with zero attached hydrogens (tertiary/aromatic N) is 1. The highest BCUT2D eigenvalue weighted by Gasteiger charge is 1.96. The van der Waals surface area contributed by atoms with Crippen LogP contribution in [0, 0.1) is 5.41 Å². The van der Waals surface area contributed by atoms with Crippen LogP contribution in [0.5, 0.6) is 0 Å². The van der Waals surface area contributed by atoms with Crippen molar-refractivity contribution < 1.29 is 0 Å². The summed E-state index contributed by atoms with van der Waals surface area (Å²) in [6.45, 7) is 0. The summed E-state index contributed by atoms with van der Waals surface area (Å²) in [5.74, 6) is 0. The van der Waals surface area contributed by atoms with Crippen LogP contribution in [-0.4, -0.2) is 4.98 Å². The zero-order valence-corrected chi connectivity index (χ0v) is 9.06. The fourth-order valence-electron chi connectivity index (χ4n) is 1.63. The Morgan fingerprint density at radius 3 is 2.44 bits per heavy atom. The molecule has 1 aromatic carbocycles. The molecule has 1 heterocycles. The van der Waals surface area contributed by atoms with Crippen molar-refractivity contribution in [3.8, 4) is 0 Å². The minimum absolute atomic E-state index is 0.376. The summed E-state index contributed by atoms with van der Waals surface area (Å²) in [6.07, 6.45) is 3.48. The monoisotopic (exact) mass is 210 g/mol. The van der Waals surface area contributed by atoms with E-state index in [0.717, 1.165) is 18.4 Å². The van der Waals surface area contributed by atoms with Crippen LogP contribution in [0.2, 0.25) is 0 Å². The first-order valence-electron chi connectivity index (χ1n) is 5.39. The summed E-state index contributed by atoms with van der Waals surface area (Å²) in [5, 5.41) is 7.75. The van der Waals surface area contributed by atoms with Crippen LogP contribution in [0.1, 0.15) is 11.1 Å². The molecule has 2 heteroatoms. The highest BCUT2D eigenvalue weighted by molar-refractivity contribution is 5.17. The van der Waals surface area contributed by atoms with Gasteiger partial charge in [0.1, 0.15) is 5.49 Å². The second-order valence-electron chi connectivity index (χ2n) is 3.69. The van der Waals surface area contributed by atoms with Crippen LogP contribution >= 0.6 is 0 Å². The van der Waals surface area contributed by atoms with Crippen LogP contribution < -0.4 is 5.49 Å². The second-order valence-corrected chi connectivity index (χ2v) is 3.69. The van der Waals surface area contributed by atoms with E-state index in [0.29, 0.717) is 5.49 Å². The summed E-state index contributed by atoms with van der Waals surface area (Å²) in [6, 6.07) is 16.1. The lowest BCUT2D eigenvalue weighted by Gasteiger charge is -1.99. The third-order valence-corrected chi connectivity index (χ3v) is 2.53. The summed E-state index contributed by atoms with van der Waals surface area (Å²) in [5.41, 5.74) is 2.67. The standard InChI is InChI=1S/C14H14N2/c15-14-13(8-4-5-11-16-14)10-9-12-6-2-1-3-7-12/h1-8,11,15H,9-10H2. The van der Waals surface area contributed by atoms with Crippen molar-refractivity contribution in [2.75, 3.05) is 0 Å². The Hall–Kier alpha value is -1.96. The lowest BCUT2D eigenvalue weighted by atomic mass is 10.1. The van der Waals surface area contributed by atoms with Crippen LogP contribution in [-0.2, 0) is 12.8 Å². The Balaban J connectivity index is 2.12. The molecule has 0 aliphatic heterocycles. The molecule has 0 amide bonds. The quantitative estimate of drug-likeness (QED) is 0.829. The van der Waals surface area contributed by atoms with Crippen molar-refractivity contribution in [2.24, 2.45) is 0 Å². The summed E-state index contributed by atoms with van der Waals surface area (Å²) in [7, 11) is 0. The molecule has 0 aliphatic rings. The molecule has 80 valence electrons. The predicted molar refractivity (Wildman–Crippen MR) is 63.9 cm³/mol. The van der Waals surface area contributed by atoms with Gasteiger partial charge in [-0.25, -0.2) is 4.98 Å². The molecule has 0 saturated carbocycles. The Bertz CT molecular complexity index is 506. The summed E-state index contributed by atoms with van der Waals surface area (Å²) < 4.78 is 0. The van der Waals surface area contributed by atoms with Crippen LogP contribution in [0.25, 0.3) is 0 Å². The molecule has 0 spiro atoms. The maximum absolute atomic E-state index is 7.75. The van der Waals surface area contributed by atoms with E-state index in [1.54, 1.807) is 6.20 Å². The van der Waals surface area contributed by atoms with Gasteiger partial charge in [-0.15, -0.1) is 0 Å². The Morgan fingerprint density at radius 1 is 0.875 bits per heavy atom. The fourth-order valence-corrected chi connectivity index (χ4v) is 1.63. The average molecular weight is 210 g/mol. The molecule has 2 rings (SSSR count). The molecule has 0 atom stereocenters. The van der Waals surface area contributed by atoms with Gasteiger partial charge in [-0.1, -0.05) is 42.5 Å². The molecule has 0 bridgehead atoms. The van der Waals surface area contributed by atoms with E-state index in [1.807, 2.05) is 36.4 Å². The molecule has 0 unspecified atom stereocenters. The molecular formula is C14H14N2. The Morgan fingerprint density at radius 2 is 1.62 bits per heavy atom. The SMILES string of the molecule is N=c1nccccc1CCc1ccccc1. The molecule has 1 aromatic heterocycles. The van der Waals surface area contributed by atoms with Gasteiger partial charge in [0.25, 0.3) is 0 Å². The van der Waals surface area contributed by atoms with Crippen LogP contribution in [0.3, 0.4) is 0 Å². The fraction of sp³-hybridized carbons (Fsp3) is 0.143. The van der Waals surface area contributed by atoms with Crippen molar-refractivity contribution in [2.45, 2.75) is 12.8 Å².